The number of carbonyl (C=O) groups is 2. The van der Waals surface area contributed by atoms with Crippen molar-refractivity contribution in [2.45, 2.75) is 148 Å². The normalized spacial score (nSPS) is 49.4. The van der Waals surface area contributed by atoms with Crippen LogP contribution >= 0.6 is 0 Å². The maximum Gasteiger partial charge on any atom is 0.408 e. The third-order valence-electron chi connectivity index (χ3n) is 14.5. The number of amides is 2. The number of hydrogen-bond donors (Lipinski definition) is 4. The smallest absolute Gasteiger partial charge is 0.408 e. The fraction of sp³-hybridized carbons (Fsp3) is 0.943. The van der Waals surface area contributed by atoms with Crippen LogP contribution in [0.1, 0.15) is 106 Å². The van der Waals surface area contributed by atoms with E-state index in [1.54, 1.807) is 13.8 Å². The second kappa shape index (κ2) is 10.3. The molecule has 0 aromatic rings. The van der Waals surface area contributed by atoms with Gasteiger partial charge in [0.1, 0.15) is 18.2 Å². The maximum absolute atomic E-state index is 12.9. The summed E-state index contributed by atoms with van der Waals surface area (Å²) in [4.78, 5) is 24.9. The molecule has 13 unspecified atom stereocenters. The molecule has 0 aromatic carbocycles. The predicted molar refractivity (Wildman–Crippen MR) is 163 cm³/mol. The van der Waals surface area contributed by atoms with Crippen molar-refractivity contribution in [2.24, 2.45) is 45.3 Å². The maximum atomic E-state index is 12.9. The molecule has 2 aliphatic heterocycles. The number of alkyl carbamates (subject to hydrolysis) is 1. The van der Waals surface area contributed by atoms with Gasteiger partial charge < -0.3 is 35.1 Å². The summed E-state index contributed by atoms with van der Waals surface area (Å²) in [6, 6.07) is -0.500. The molecule has 13 atom stereocenters. The average molecular weight is 617 g/mol. The number of aliphatic hydroxyl groups is 2. The van der Waals surface area contributed by atoms with E-state index in [0.717, 1.165) is 44.9 Å². The van der Waals surface area contributed by atoms with Crippen LogP contribution in [0.15, 0.2) is 0 Å². The highest BCUT2D eigenvalue weighted by molar-refractivity contribution is 5.87. The van der Waals surface area contributed by atoms with Crippen LogP contribution in [0.5, 0.6) is 0 Å². The van der Waals surface area contributed by atoms with E-state index in [2.05, 4.69) is 31.4 Å². The van der Waals surface area contributed by atoms with Crippen LogP contribution in [0, 0.1) is 45.3 Å². The Labute approximate surface area is 262 Å². The molecule has 4 N–H and O–H groups in total. The van der Waals surface area contributed by atoms with Gasteiger partial charge in [-0.3, -0.25) is 4.79 Å². The van der Waals surface area contributed by atoms with Crippen molar-refractivity contribution in [1.29, 1.82) is 0 Å². The van der Waals surface area contributed by atoms with Crippen molar-refractivity contribution >= 4 is 12.0 Å². The molecule has 9 heteroatoms. The molecule has 0 radical (unpaired) electrons. The third kappa shape index (κ3) is 4.30. The van der Waals surface area contributed by atoms with Crippen molar-refractivity contribution in [3.63, 3.8) is 0 Å². The highest BCUT2D eigenvalue weighted by atomic mass is 16.6. The van der Waals surface area contributed by atoms with Gasteiger partial charge in [0.2, 0.25) is 5.91 Å². The molecule has 2 saturated heterocycles. The largest absolute Gasteiger partial charge is 0.446 e. The zero-order valence-corrected chi connectivity index (χ0v) is 27.7. The number of aliphatic hydroxyl groups excluding tert-OH is 1. The fourth-order valence-corrected chi connectivity index (χ4v) is 12.7. The number of ether oxygens (including phenoxy) is 3. The molecular formula is C35H56N2O7. The Morgan fingerprint density at radius 1 is 1.07 bits per heavy atom. The fourth-order valence-electron chi connectivity index (χ4n) is 12.7. The number of rotatable bonds is 6. The SMILES string of the molecule is CCOC(C1CCC2C(O1)C(O)C1C3CCC4C(C)(C)C(OC(=O)NC5CCNC5=O)CCC45CC35CCC21C)C(C)(C)O. The first-order valence-corrected chi connectivity index (χ1v) is 17.6. The summed E-state index contributed by atoms with van der Waals surface area (Å²) < 4.78 is 18.9. The summed E-state index contributed by atoms with van der Waals surface area (Å²) >= 11 is 0. The van der Waals surface area contributed by atoms with E-state index in [4.69, 9.17) is 14.2 Å². The minimum Gasteiger partial charge on any atom is -0.446 e. The molecule has 0 aromatic heterocycles. The second-order valence-corrected chi connectivity index (χ2v) is 17.1. The van der Waals surface area contributed by atoms with E-state index in [1.807, 2.05) is 6.92 Å². The van der Waals surface area contributed by atoms with Gasteiger partial charge in [0.15, 0.2) is 0 Å². The van der Waals surface area contributed by atoms with Gasteiger partial charge in [-0.05, 0) is 125 Å². The summed E-state index contributed by atoms with van der Waals surface area (Å²) in [5, 5.41) is 28.6. The van der Waals surface area contributed by atoms with Crippen molar-refractivity contribution in [3.8, 4) is 0 Å². The lowest BCUT2D eigenvalue weighted by molar-refractivity contribution is -0.204. The van der Waals surface area contributed by atoms with Crippen LogP contribution < -0.4 is 10.6 Å². The van der Waals surface area contributed by atoms with E-state index < -0.39 is 29.9 Å². The Morgan fingerprint density at radius 3 is 2.50 bits per heavy atom. The van der Waals surface area contributed by atoms with Gasteiger partial charge in [-0.2, -0.15) is 0 Å². The zero-order valence-electron chi connectivity index (χ0n) is 27.7. The molecule has 2 amide bonds. The molecule has 0 bridgehead atoms. The molecular weight excluding hydrogens is 560 g/mol. The monoisotopic (exact) mass is 616 g/mol. The van der Waals surface area contributed by atoms with Gasteiger partial charge in [-0.15, -0.1) is 0 Å². The topological polar surface area (TPSA) is 126 Å². The third-order valence-corrected chi connectivity index (χ3v) is 14.5. The highest BCUT2D eigenvalue weighted by Gasteiger charge is 2.82. The Balaban J connectivity index is 1.08. The highest BCUT2D eigenvalue weighted by Crippen LogP contribution is 2.87. The molecule has 2 heterocycles. The summed E-state index contributed by atoms with van der Waals surface area (Å²) in [5.41, 5.74) is -0.621. The van der Waals surface area contributed by atoms with Gasteiger partial charge in [-0.1, -0.05) is 20.8 Å². The van der Waals surface area contributed by atoms with Gasteiger partial charge in [0, 0.05) is 18.6 Å². The Hall–Kier alpha value is -1.42. The summed E-state index contributed by atoms with van der Waals surface area (Å²) in [6.45, 7) is 13.7. The van der Waals surface area contributed by atoms with Gasteiger partial charge in [-0.25, -0.2) is 4.79 Å². The first kappa shape index (κ1) is 31.2. The first-order valence-electron chi connectivity index (χ1n) is 17.6. The summed E-state index contributed by atoms with van der Waals surface area (Å²) in [5.74, 6) is 1.37. The van der Waals surface area contributed by atoms with Crippen molar-refractivity contribution < 1.29 is 34.0 Å². The van der Waals surface area contributed by atoms with Crippen molar-refractivity contribution in [2.75, 3.05) is 13.2 Å². The number of fused-ring (bicyclic) bond motifs is 4. The van der Waals surface area contributed by atoms with E-state index in [-0.39, 0.29) is 51.8 Å². The molecule has 9 nitrogen and oxygen atoms in total. The van der Waals surface area contributed by atoms with Crippen LogP contribution in [-0.2, 0) is 19.0 Å². The molecule has 44 heavy (non-hydrogen) atoms. The van der Waals surface area contributed by atoms with E-state index in [1.165, 1.54) is 12.8 Å². The molecule has 7 aliphatic rings. The molecule has 5 saturated carbocycles. The zero-order chi connectivity index (χ0) is 31.4. The Bertz CT molecular complexity index is 1170. The van der Waals surface area contributed by atoms with E-state index in [0.29, 0.717) is 37.3 Å². The van der Waals surface area contributed by atoms with Crippen LogP contribution in [-0.4, -0.2) is 77.5 Å². The lowest BCUT2D eigenvalue weighted by atomic mass is 9.46. The van der Waals surface area contributed by atoms with Gasteiger partial charge >= 0.3 is 6.09 Å². The van der Waals surface area contributed by atoms with E-state index in [9.17, 15) is 19.8 Å². The molecule has 7 fully saturated rings. The van der Waals surface area contributed by atoms with Crippen LogP contribution in [0.3, 0.4) is 0 Å². The van der Waals surface area contributed by atoms with Crippen LogP contribution in [0.2, 0.25) is 0 Å². The van der Waals surface area contributed by atoms with Crippen LogP contribution in [0.4, 0.5) is 4.79 Å². The predicted octanol–water partition coefficient (Wildman–Crippen LogP) is 4.32. The van der Waals surface area contributed by atoms with Gasteiger partial charge in [0.25, 0.3) is 0 Å². The lowest BCUT2D eigenvalue weighted by Gasteiger charge is -2.59. The molecule has 248 valence electrons. The number of carbonyl (C=O) groups excluding carboxylic acids is 2. The molecule has 2 spiro atoms. The van der Waals surface area contributed by atoms with Crippen LogP contribution in [0.25, 0.3) is 0 Å². The van der Waals surface area contributed by atoms with Crippen molar-refractivity contribution in [3.05, 3.63) is 0 Å². The van der Waals surface area contributed by atoms with Crippen molar-refractivity contribution in [1.82, 2.24) is 10.6 Å². The quantitative estimate of drug-likeness (QED) is 0.350. The first-order chi connectivity index (χ1) is 20.7. The molecule has 5 aliphatic carbocycles. The van der Waals surface area contributed by atoms with E-state index >= 15 is 0 Å². The standard InChI is InChI=1S/C35H56N2O7/c1-7-42-28(32(4,5)41)22-10-8-20-27(43-22)26(38)25-19-9-11-23-31(2,3)24(44-30(40)37-21-13-17-36-29(21)39)12-14-35(23)18-34(19,35)16-15-33(20,25)6/h19-28,38,41H,7-18H2,1-6H3,(H,36,39)(H,37,40). The average Bonchev–Trinajstić information content (AvgIpc) is 3.37. The minimum absolute atomic E-state index is 0.0535. The Morgan fingerprint density at radius 2 is 1.82 bits per heavy atom. The minimum atomic E-state index is -1.02. The number of nitrogens with one attached hydrogen (secondary N) is 2. The lowest BCUT2D eigenvalue weighted by Crippen LogP contribution is -2.56. The number of hydrogen-bond acceptors (Lipinski definition) is 7. The molecule has 7 rings (SSSR count). The van der Waals surface area contributed by atoms with Gasteiger partial charge in [0.05, 0.1) is 23.9 Å². The second-order valence-electron chi connectivity index (χ2n) is 17.1. The Kier molecular flexibility index (Phi) is 7.29. The summed E-state index contributed by atoms with van der Waals surface area (Å²) in [6.07, 6.45) is 8.12. The summed E-state index contributed by atoms with van der Waals surface area (Å²) in [7, 11) is 0.